The molecule has 338 valence electrons. The number of ketones is 2. The zero-order valence-corrected chi connectivity index (χ0v) is 37.7. The molecule has 2 saturated heterocycles. The number of ether oxygens (including phenoxy) is 2. The average Bonchev–Trinajstić information content (AvgIpc) is 3.69. The first-order chi connectivity index (χ1) is 28.5. The van der Waals surface area contributed by atoms with Crippen molar-refractivity contribution in [3.8, 4) is 5.75 Å². The van der Waals surface area contributed by atoms with Crippen LogP contribution in [0, 0.1) is 28.6 Å². The van der Waals surface area contributed by atoms with Gasteiger partial charge in [0.2, 0.25) is 0 Å². The standard InChI is InChI=1S/C46H67FN3O10P/c1-42(2,3)48-26-36(52)30-12-13-31(37(22-30)60-61(55,56)57)28-50(6)20-18-49(19-21-50)27-39(54)46-40(58-41(59-46)29-10-8-7-9-11-29)24-35-34-15-14-32-23-33(51)16-17-43(32,4)45(34,47)38(53)25-44(35,46)5/h12-14,16-17,22,29,34-36,38,40-41,48,52-53H,7-11,15,18-21,23-28H2,1-6H3,(H-,55,56,57)/p+1/t34-,35-,36?,38-,40+,41+,43-,44-,45-,46+/m0/s1. The van der Waals surface area contributed by atoms with E-state index < -0.39 is 60.4 Å². The van der Waals surface area contributed by atoms with E-state index in [0.29, 0.717) is 61.2 Å². The van der Waals surface area contributed by atoms with Gasteiger partial charge in [0.25, 0.3) is 0 Å². The number of allylic oxidation sites excluding steroid dienone is 4. The van der Waals surface area contributed by atoms with E-state index in [1.165, 1.54) is 12.1 Å². The lowest BCUT2D eigenvalue weighted by atomic mass is 9.45. The van der Waals surface area contributed by atoms with Crippen LogP contribution in [0.1, 0.15) is 110 Å². The fourth-order valence-electron chi connectivity index (χ4n) is 12.7. The van der Waals surface area contributed by atoms with E-state index >= 15 is 9.18 Å². The topological polar surface area (TPSA) is 175 Å². The zero-order chi connectivity index (χ0) is 44.0. The molecule has 5 fully saturated rings. The number of halogens is 1. The van der Waals surface area contributed by atoms with Gasteiger partial charge in [-0.3, -0.25) is 24.3 Å². The third-order valence-electron chi connectivity index (χ3n) is 16.2. The number of quaternary nitrogens is 1. The number of likely N-dealkylation sites (N-methyl/N-ethyl adjacent to an activating group) is 1. The number of phosphoric acid groups is 1. The van der Waals surface area contributed by atoms with Crippen molar-refractivity contribution >= 4 is 19.4 Å². The fraction of sp³-hybridized carbons (Fsp3) is 0.739. The number of Topliss-reactive ketones (excluding diaryl/α,β-unsaturated/α-hetero) is 1. The maximum Gasteiger partial charge on any atom is 0.524 e. The maximum absolute atomic E-state index is 18.1. The first-order valence-electron chi connectivity index (χ1n) is 22.5. The highest BCUT2D eigenvalue weighted by atomic mass is 31.2. The second kappa shape index (κ2) is 16.0. The largest absolute Gasteiger partial charge is 0.524 e. The Morgan fingerprint density at radius 3 is 2.51 bits per heavy atom. The van der Waals surface area contributed by atoms with Gasteiger partial charge in [-0.05, 0) is 89.5 Å². The van der Waals surface area contributed by atoms with Gasteiger partial charge >= 0.3 is 7.82 Å². The van der Waals surface area contributed by atoms with Gasteiger partial charge in [-0.1, -0.05) is 50.0 Å². The molecule has 10 atom stereocenters. The van der Waals surface area contributed by atoms with E-state index in [-0.39, 0.29) is 60.6 Å². The molecule has 15 heteroatoms. The Bertz CT molecular complexity index is 1990. The number of rotatable bonds is 11. The van der Waals surface area contributed by atoms with Crippen molar-refractivity contribution in [2.24, 2.45) is 28.6 Å². The van der Waals surface area contributed by atoms with E-state index in [2.05, 4.69) is 17.3 Å². The van der Waals surface area contributed by atoms with Crippen LogP contribution >= 0.6 is 7.82 Å². The van der Waals surface area contributed by atoms with E-state index in [1.807, 2.05) is 40.7 Å². The Kier molecular flexibility index (Phi) is 11.8. The number of nitrogens with zero attached hydrogens (tertiary/aromatic N) is 2. The van der Waals surface area contributed by atoms with Crippen LogP contribution in [0.5, 0.6) is 5.75 Å². The van der Waals surface area contributed by atoms with Crippen LogP contribution < -0.4 is 9.84 Å². The number of aliphatic hydroxyl groups is 2. The number of benzene rings is 1. The Labute approximate surface area is 359 Å². The summed E-state index contributed by atoms with van der Waals surface area (Å²) in [5, 5.41) is 26.3. The first-order valence-corrected chi connectivity index (χ1v) is 24.1. The molecule has 0 bridgehead atoms. The molecular formula is C46H68FN3O10P+. The molecule has 13 nitrogen and oxygen atoms in total. The molecule has 5 N–H and O–H groups in total. The van der Waals surface area contributed by atoms with Crippen molar-refractivity contribution < 1.29 is 57.0 Å². The number of nitrogens with one attached hydrogen (secondary N) is 1. The zero-order valence-electron chi connectivity index (χ0n) is 36.8. The molecule has 0 aromatic heterocycles. The second-order valence-corrected chi connectivity index (χ2v) is 22.4. The lowest BCUT2D eigenvalue weighted by Gasteiger charge is -2.62. The van der Waals surface area contributed by atoms with Crippen molar-refractivity contribution in [1.29, 1.82) is 0 Å². The number of carbonyl (C=O) groups excluding carboxylic acids is 2. The van der Waals surface area contributed by atoms with Crippen molar-refractivity contribution in [2.75, 3.05) is 46.3 Å². The number of piperazine rings is 1. The molecule has 1 aromatic rings. The molecule has 0 amide bonds. The molecule has 1 unspecified atom stereocenters. The summed E-state index contributed by atoms with van der Waals surface area (Å²) in [7, 11) is -2.84. The first kappa shape index (κ1) is 45.2. The molecular weight excluding hydrogens is 804 g/mol. The summed E-state index contributed by atoms with van der Waals surface area (Å²) in [5.74, 6) is -0.888. The number of hydrogen-bond acceptors (Lipinski definition) is 10. The number of carbonyl (C=O) groups is 2. The van der Waals surface area contributed by atoms with E-state index in [9.17, 15) is 29.4 Å². The molecule has 8 rings (SSSR count). The number of hydrogen-bond donors (Lipinski definition) is 5. The SMILES string of the molecule is CC(C)(C)NCC(O)c1ccc(C[N+]2(C)CCN(CC(=O)[C@@]34O[C@H](C5CCCCC5)O[C@@H]3C[C@H]3[C@@H]5CC=C6CC(=O)C=C[C@]6(C)[C@@]5(F)[C@@H](O)C[C@@]34C)CC2)c(OP(=O)(O)O)c1. The van der Waals surface area contributed by atoms with Gasteiger partial charge in [-0.2, -0.15) is 0 Å². The predicted octanol–water partition coefficient (Wildman–Crippen LogP) is 5.45. The summed E-state index contributed by atoms with van der Waals surface area (Å²) in [5.41, 5.74) is -3.89. The summed E-state index contributed by atoms with van der Waals surface area (Å²) in [6, 6.07) is 5.03. The van der Waals surface area contributed by atoms with Gasteiger partial charge < -0.3 is 34.0 Å². The monoisotopic (exact) mass is 872 g/mol. The lowest BCUT2D eigenvalue weighted by Crippen LogP contribution is -2.70. The Morgan fingerprint density at radius 2 is 1.84 bits per heavy atom. The third-order valence-corrected chi connectivity index (χ3v) is 16.6. The Morgan fingerprint density at radius 1 is 1.13 bits per heavy atom. The lowest BCUT2D eigenvalue weighted by molar-refractivity contribution is -0.926. The molecule has 7 aliphatic rings. The highest BCUT2D eigenvalue weighted by Crippen LogP contribution is 2.71. The minimum absolute atomic E-state index is 0.0244. The van der Waals surface area contributed by atoms with Gasteiger partial charge in [-0.15, -0.1) is 0 Å². The van der Waals surface area contributed by atoms with Crippen LogP contribution in [0.2, 0.25) is 0 Å². The van der Waals surface area contributed by atoms with Crippen LogP contribution in [-0.4, -0.2) is 123 Å². The molecule has 1 aromatic carbocycles. The van der Waals surface area contributed by atoms with Gasteiger partial charge in [0.1, 0.15) is 12.3 Å². The number of alkyl halides is 1. The number of fused-ring (bicyclic) bond motifs is 7. The van der Waals surface area contributed by atoms with Crippen LogP contribution in [0.3, 0.4) is 0 Å². The summed E-state index contributed by atoms with van der Waals surface area (Å²) in [6.45, 7) is 12.9. The van der Waals surface area contributed by atoms with Crippen LogP contribution in [0.15, 0.2) is 42.0 Å². The van der Waals surface area contributed by atoms with E-state index in [1.54, 1.807) is 18.2 Å². The summed E-state index contributed by atoms with van der Waals surface area (Å²) in [6.07, 6.45) is 7.91. The van der Waals surface area contributed by atoms with E-state index in [0.717, 1.165) is 37.7 Å². The summed E-state index contributed by atoms with van der Waals surface area (Å²) in [4.78, 5) is 49.5. The van der Waals surface area contributed by atoms with E-state index in [4.69, 9.17) is 14.0 Å². The van der Waals surface area contributed by atoms with Crippen LogP contribution in [0.4, 0.5) is 4.39 Å². The molecule has 2 heterocycles. The third kappa shape index (κ3) is 7.97. The summed E-state index contributed by atoms with van der Waals surface area (Å²) >= 11 is 0. The maximum atomic E-state index is 18.1. The van der Waals surface area contributed by atoms with Gasteiger partial charge in [-0.25, -0.2) is 8.96 Å². The highest BCUT2D eigenvalue weighted by Gasteiger charge is 2.79. The van der Waals surface area contributed by atoms with Crippen molar-refractivity contribution in [3.05, 3.63) is 53.1 Å². The van der Waals surface area contributed by atoms with Crippen LogP contribution in [0.25, 0.3) is 0 Å². The molecule has 5 aliphatic carbocycles. The van der Waals surface area contributed by atoms with Crippen molar-refractivity contribution in [2.45, 2.75) is 140 Å². The van der Waals surface area contributed by atoms with Crippen molar-refractivity contribution in [1.82, 2.24) is 10.2 Å². The Hall–Kier alpha value is -2.36. The smallest absolute Gasteiger partial charge is 0.404 e. The molecule has 3 saturated carbocycles. The minimum atomic E-state index is -4.91. The molecule has 2 aliphatic heterocycles. The minimum Gasteiger partial charge on any atom is -0.404 e. The van der Waals surface area contributed by atoms with Gasteiger partial charge in [0, 0.05) is 59.8 Å². The average molecular weight is 873 g/mol. The van der Waals surface area contributed by atoms with Gasteiger partial charge in [0.05, 0.1) is 45.0 Å². The van der Waals surface area contributed by atoms with Crippen LogP contribution in [-0.2, 0) is 30.2 Å². The Balaban J connectivity index is 1.02. The van der Waals surface area contributed by atoms with Crippen molar-refractivity contribution in [3.63, 3.8) is 0 Å². The molecule has 0 spiro atoms. The predicted molar refractivity (Wildman–Crippen MR) is 226 cm³/mol. The normalized spacial score (nSPS) is 38.2. The quantitative estimate of drug-likeness (QED) is 0.108. The van der Waals surface area contributed by atoms with Gasteiger partial charge in [0.15, 0.2) is 29.1 Å². The number of aliphatic hydroxyl groups excluding tert-OH is 2. The number of phosphoric ester groups is 1. The summed E-state index contributed by atoms with van der Waals surface area (Å²) < 4.78 is 49.9. The molecule has 0 radical (unpaired) electrons. The molecule has 61 heavy (non-hydrogen) atoms. The highest BCUT2D eigenvalue weighted by molar-refractivity contribution is 7.46. The number of β-amino-alcohol motifs (C(OH)–C–C–N with tert-alkyl or cyclic N) is 1. The second-order valence-electron chi connectivity index (χ2n) is 21.3. The fourth-order valence-corrected chi connectivity index (χ4v) is 13.1.